The van der Waals surface area contributed by atoms with Gasteiger partial charge in [-0.05, 0) is 11.6 Å². The topological polar surface area (TPSA) is 129 Å². The van der Waals surface area contributed by atoms with E-state index in [4.69, 9.17) is 5.53 Å². The zero-order valence-corrected chi connectivity index (χ0v) is 8.90. The highest BCUT2D eigenvalue weighted by molar-refractivity contribution is 5.83. The number of phenols is 1. The molecule has 8 nitrogen and oxygen atoms in total. The maximum absolute atomic E-state index is 10.6. The van der Waals surface area contributed by atoms with Gasteiger partial charge < -0.3 is 5.11 Å². The van der Waals surface area contributed by atoms with Gasteiger partial charge in [-0.1, -0.05) is 17.0 Å². The molecule has 0 aliphatic rings. The van der Waals surface area contributed by atoms with Gasteiger partial charge in [-0.15, -0.1) is 0 Å². The molecule has 0 radical (unpaired) electrons. The Bertz CT molecular complexity index is 608. The van der Waals surface area contributed by atoms with Gasteiger partial charge in [-0.25, -0.2) is 0 Å². The van der Waals surface area contributed by atoms with Crippen LogP contribution in [0.4, 0.5) is 5.69 Å². The van der Waals surface area contributed by atoms with E-state index in [-0.39, 0.29) is 17.7 Å². The van der Waals surface area contributed by atoms with Crippen LogP contribution in [0.1, 0.15) is 15.9 Å². The summed E-state index contributed by atoms with van der Waals surface area (Å²) in [6.07, 6.45) is 0.293. The summed E-state index contributed by atoms with van der Waals surface area (Å²) in [5, 5.41) is 23.2. The van der Waals surface area contributed by atoms with E-state index in [9.17, 15) is 20.0 Å². The Morgan fingerprint density at radius 3 is 2.89 bits per heavy atom. The lowest BCUT2D eigenvalue weighted by atomic mass is 10.1. The predicted molar refractivity (Wildman–Crippen MR) is 61.0 cm³/mol. The molecule has 0 saturated carbocycles. The molecule has 0 spiro atoms. The zero-order valence-electron chi connectivity index (χ0n) is 8.90. The first-order valence-corrected chi connectivity index (χ1v) is 4.56. The number of hydrogen-bond acceptors (Lipinski definition) is 5. The third kappa shape index (κ3) is 2.98. The van der Waals surface area contributed by atoms with Crippen LogP contribution < -0.4 is 0 Å². The molecule has 0 bridgehead atoms. The highest BCUT2D eigenvalue weighted by Crippen LogP contribution is 2.29. The van der Waals surface area contributed by atoms with Gasteiger partial charge in [0.1, 0.15) is 0 Å². The number of benzene rings is 1. The molecule has 0 aromatic heterocycles. The Labute approximate surface area is 101 Å². The molecule has 0 amide bonds. The number of nitro groups is 1. The second-order valence-corrected chi connectivity index (χ2v) is 3.00. The number of nitro benzene ring substituents is 1. The second-order valence-electron chi connectivity index (χ2n) is 3.00. The third-order valence-corrected chi connectivity index (χ3v) is 1.89. The van der Waals surface area contributed by atoms with Crippen molar-refractivity contribution in [2.45, 2.75) is 0 Å². The van der Waals surface area contributed by atoms with Crippen LogP contribution in [0, 0.1) is 22.0 Å². The van der Waals surface area contributed by atoms with Crippen molar-refractivity contribution in [1.82, 2.24) is 0 Å². The molecule has 1 aromatic carbocycles. The Morgan fingerprint density at radius 2 is 2.33 bits per heavy atom. The van der Waals surface area contributed by atoms with Gasteiger partial charge in [0.2, 0.25) is 5.75 Å². The largest absolute Gasteiger partial charge is 0.502 e. The molecular weight excluding hydrogens is 240 g/mol. The number of azide groups is 1. The molecule has 1 N–H and O–H groups in total. The Hall–Kier alpha value is -3.04. The molecule has 0 atom stereocenters. The van der Waals surface area contributed by atoms with Crippen LogP contribution in [0.3, 0.4) is 0 Å². The Balaban J connectivity index is 3.24. The van der Waals surface area contributed by atoms with Crippen LogP contribution in [0.5, 0.6) is 5.75 Å². The molecule has 0 aliphatic heterocycles. The van der Waals surface area contributed by atoms with Crippen LogP contribution in [0.15, 0.2) is 17.2 Å². The van der Waals surface area contributed by atoms with Crippen molar-refractivity contribution in [2.24, 2.45) is 5.11 Å². The summed E-state index contributed by atoms with van der Waals surface area (Å²) in [5.74, 6) is 4.24. The van der Waals surface area contributed by atoms with Gasteiger partial charge in [-0.3, -0.25) is 14.9 Å². The summed E-state index contributed by atoms with van der Waals surface area (Å²) in [7, 11) is 0. The third-order valence-electron chi connectivity index (χ3n) is 1.89. The average Bonchev–Trinajstić information content (AvgIpc) is 2.35. The molecule has 18 heavy (non-hydrogen) atoms. The van der Waals surface area contributed by atoms with Gasteiger partial charge in [-0.2, -0.15) is 0 Å². The summed E-state index contributed by atoms with van der Waals surface area (Å²) >= 11 is 0. The van der Waals surface area contributed by atoms with Crippen molar-refractivity contribution in [1.29, 1.82) is 0 Å². The van der Waals surface area contributed by atoms with Crippen molar-refractivity contribution >= 4 is 12.0 Å². The minimum absolute atomic E-state index is 0.0956. The maximum Gasteiger partial charge on any atom is 0.312 e. The predicted octanol–water partition coefficient (Wildman–Crippen LogP) is 1.77. The summed E-state index contributed by atoms with van der Waals surface area (Å²) in [5.41, 5.74) is 7.37. The zero-order chi connectivity index (χ0) is 13.5. The van der Waals surface area contributed by atoms with Crippen molar-refractivity contribution in [3.05, 3.63) is 43.8 Å². The number of aromatic hydroxyl groups is 1. The van der Waals surface area contributed by atoms with Crippen molar-refractivity contribution < 1.29 is 14.8 Å². The van der Waals surface area contributed by atoms with E-state index in [0.29, 0.717) is 6.29 Å². The highest BCUT2D eigenvalue weighted by atomic mass is 16.6. The normalized spacial score (nSPS) is 8.67. The summed E-state index contributed by atoms with van der Waals surface area (Å²) in [6, 6.07) is 2.24. The van der Waals surface area contributed by atoms with Gasteiger partial charge >= 0.3 is 5.69 Å². The SMILES string of the molecule is [N-]=[N+]=NCC#Cc1cc(C=O)c(O)c([N+](=O)[O-])c1. The van der Waals surface area contributed by atoms with Gasteiger partial charge in [0.05, 0.1) is 17.0 Å². The lowest BCUT2D eigenvalue weighted by Crippen LogP contribution is -1.94. The molecule has 0 aliphatic carbocycles. The lowest BCUT2D eigenvalue weighted by molar-refractivity contribution is -0.385. The standard InChI is InChI=1S/C10H6N4O4/c11-13-12-3-1-2-7-4-8(6-15)10(16)9(5-7)14(17)18/h4-6,16H,3H2. The number of nitrogens with zero attached hydrogens (tertiary/aromatic N) is 4. The maximum atomic E-state index is 10.6. The van der Waals surface area contributed by atoms with E-state index in [1.807, 2.05) is 0 Å². The molecule has 0 fully saturated rings. The molecule has 1 rings (SSSR count). The van der Waals surface area contributed by atoms with E-state index in [0.717, 1.165) is 6.07 Å². The smallest absolute Gasteiger partial charge is 0.312 e. The number of phenolic OH excluding ortho intramolecular Hbond substituents is 1. The van der Waals surface area contributed by atoms with Crippen LogP contribution >= 0.6 is 0 Å². The first-order valence-electron chi connectivity index (χ1n) is 4.56. The fraction of sp³-hybridized carbons (Fsp3) is 0.100. The van der Waals surface area contributed by atoms with Crippen LogP contribution in [-0.2, 0) is 0 Å². The molecule has 90 valence electrons. The Kier molecular flexibility index (Phi) is 4.26. The van der Waals surface area contributed by atoms with E-state index in [2.05, 4.69) is 21.9 Å². The number of hydrogen-bond donors (Lipinski definition) is 1. The minimum Gasteiger partial charge on any atom is -0.502 e. The van der Waals surface area contributed by atoms with E-state index in [1.54, 1.807) is 0 Å². The highest BCUT2D eigenvalue weighted by Gasteiger charge is 2.18. The fourth-order valence-electron chi connectivity index (χ4n) is 1.15. The molecule has 8 heteroatoms. The van der Waals surface area contributed by atoms with E-state index >= 15 is 0 Å². The quantitative estimate of drug-likeness (QED) is 0.166. The van der Waals surface area contributed by atoms with Crippen molar-refractivity contribution in [3.8, 4) is 17.6 Å². The van der Waals surface area contributed by atoms with Gasteiger partial charge in [0.25, 0.3) is 0 Å². The summed E-state index contributed by atoms with van der Waals surface area (Å²) in [4.78, 5) is 22.9. The van der Waals surface area contributed by atoms with Gasteiger partial charge in [0, 0.05) is 16.5 Å². The second kappa shape index (κ2) is 5.89. The Morgan fingerprint density at radius 1 is 1.61 bits per heavy atom. The number of rotatable bonds is 3. The van der Waals surface area contributed by atoms with Crippen molar-refractivity contribution in [3.63, 3.8) is 0 Å². The minimum atomic E-state index is -0.819. The first-order chi connectivity index (χ1) is 8.60. The van der Waals surface area contributed by atoms with Crippen LogP contribution in [0.25, 0.3) is 10.4 Å². The van der Waals surface area contributed by atoms with Crippen LogP contribution in [-0.4, -0.2) is 22.9 Å². The molecule has 0 unspecified atom stereocenters. The number of aldehydes is 1. The molecule has 1 aromatic rings. The number of carbonyl (C=O) groups is 1. The summed E-state index contributed by atoms with van der Waals surface area (Å²) in [6.45, 7) is -0.0956. The first kappa shape index (κ1) is 13.0. The van der Waals surface area contributed by atoms with Gasteiger partial charge in [0.15, 0.2) is 6.29 Å². The molecule has 0 heterocycles. The van der Waals surface area contributed by atoms with E-state index in [1.165, 1.54) is 6.07 Å². The average molecular weight is 246 g/mol. The summed E-state index contributed by atoms with van der Waals surface area (Å²) < 4.78 is 0. The monoisotopic (exact) mass is 246 g/mol. The fourth-order valence-corrected chi connectivity index (χ4v) is 1.15. The van der Waals surface area contributed by atoms with Crippen molar-refractivity contribution in [2.75, 3.05) is 6.54 Å². The molecule has 0 saturated heterocycles. The van der Waals surface area contributed by atoms with Crippen LogP contribution in [0.2, 0.25) is 0 Å². The lowest BCUT2D eigenvalue weighted by Gasteiger charge is -1.99. The number of carbonyl (C=O) groups excluding carboxylic acids is 1. The van der Waals surface area contributed by atoms with E-state index < -0.39 is 16.4 Å². The molecular formula is C10H6N4O4.